The van der Waals surface area contributed by atoms with Crippen LogP contribution in [-0.4, -0.2) is 42.3 Å². The maximum Gasteiger partial charge on any atom is 0.156 e. The van der Waals surface area contributed by atoms with Crippen molar-refractivity contribution in [3.63, 3.8) is 0 Å². The van der Waals surface area contributed by atoms with Gasteiger partial charge in [0.25, 0.3) is 0 Å². The average molecular weight is 162 g/mol. The minimum Gasteiger partial charge on any atom is -0.393 e. The van der Waals surface area contributed by atoms with Crippen LogP contribution in [0.15, 0.2) is 0 Å². The molecule has 0 heterocycles. The smallest absolute Gasteiger partial charge is 0.156 e. The van der Waals surface area contributed by atoms with Gasteiger partial charge in [0.05, 0.1) is 6.61 Å². The van der Waals surface area contributed by atoms with E-state index >= 15 is 0 Å². The van der Waals surface area contributed by atoms with E-state index in [1.807, 2.05) is 5.92 Å². The maximum atomic E-state index is 12.2. The SMILES string of the molecule is C#C[C@H](O)[C@](CO)(CF)OC. The number of methoxy groups -OCH3 is 1. The van der Waals surface area contributed by atoms with Crippen molar-refractivity contribution in [3.8, 4) is 12.3 Å². The van der Waals surface area contributed by atoms with Gasteiger partial charge in [-0.05, 0) is 0 Å². The molecule has 0 saturated heterocycles. The van der Waals surface area contributed by atoms with Gasteiger partial charge in [-0.15, -0.1) is 6.42 Å². The van der Waals surface area contributed by atoms with Crippen LogP contribution in [0.5, 0.6) is 0 Å². The van der Waals surface area contributed by atoms with Crippen molar-refractivity contribution in [1.82, 2.24) is 0 Å². The van der Waals surface area contributed by atoms with E-state index in [1.54, 1.807) is 0 Å². The number of alkyl halides is 1. The third kappa shape index (κ3) is 1.90. The molecule has 11 heavy (non-hydrogen) atoms. The summed E-state index contributed by atoms with van der Waals surface area (Å²) in [5.41, 5.74) is -1.66. The van der Waals surface area contributed by atoms with Crippen molar-refractivity contribution < 1.29 is 19.3 Å². The summed E-state index contributed by atoms with van der Waals surface area (Å²) in [6, 6.07) is 0. The molecule has 0 rings (SSSR count). The zero-order valence-electron chi connectivity index (χ0n) is 6.25. The Morgan fingerprint density at radius 1 is 1.82 bits per heavy atom. The average Bonchev–Trinajstić information content (AvgIpc) is 2.08. The lowest BCUT2D eigenvalue weighted by Crippen LogP contribution is -2.49. The molecule has 2 atom stereocenters. The Morgan fingerprint density at radius 3 is 2.45 bits per heavy atom. The summed E-state index contributed by atoms with van der Waals surface area (Å²) in [5, 5.41) is 17.7. The van der Waals surface area contributed by atoms with Crippen molar-refractivity contribution in [2.75, 3.05) is 20.4 Å². The summed E-state index contributed by atoms with van der Waals surface area (Å²) in [4.78, 5) is 0. The minimum atomic E-state index is -1.66. The van der Waals surface area contributed by atoms with Crippen LogP contribution in [0.3, 0.4) is 0 Å². The molecule has 0 aromatic carbocycles. The molecule has 0 saturated carbocycles. The van der Waals surface area contributed by atoms with Gasteiger partial charge in [0, 0.05) is 7.11 Å². The maximum absolute atomic E-state index is 12.2. The number of rotatable bonds is 4. The van der Waals surface area contributed by atoms with Crippen molar-refractivity contribution >= 4 is 0 Å². The first-order valence-electron chi connectivity index (χ1n) is 3.03. The molecule has 0 aliphatic carbocycles. The van der Waals surface area contributed by atoms with Crippen LogP contribution in [0.2, 0.25) is 0 Å². The fourth-order valence-electron chi connectivity index (χ4n) is 0.584. The monoisotopic (exact) mass is 162 g/mol. The van der Waals surface area contributed by atoms with Crippen LogP contribution >= 0.6 is 0 Å². The highest BCUT2D eigenvalue weighted by atomic mass is 19.1. The van der Waals surface area contributed by atoms with Gasteiger partial charge in [0.2, 0.25) is 0 Å². The van der Waals surface area contributed by atoms with E-state index in [4.69, 9.17) is 16.6 Å². The predicted molar refractivity (Wildman–Crippen MR) is 37.6 cm³/mol. The summed E-state index contributed by atoms with van der Waals surface area (Å²) in [7, 11) is 1.18. The summed E-state index contributed by atoms with van der Waals surface area (Å²) in [6.07, 6.45) is 3.40. The zero-order valence-corrected chi connectivity index (χ0v) is 6.25. The van der Waals surface area contributed by atoms with Gasteiger partial charge in [0.15, 0.2) is 5.60 Å². The summed E-state index contributed by atoms with van der Waals surface area (Å²) < 4.78 is 16.8. The Labute approximate surface area is 64.8 Å². The molecular weight excluding hydrogens is 151 g/mol. The molecule has 0 fully saturated rings. The molecule has 0 spiro atoms. The van der Waals surface area contributed by atoms with Gasteiger partial charge in [0.1, 0.15) is 12.8 Å². The third-order valence-electron chi connectivity index (χ3n) is 1.56. The second-order valence-electron chi connectivity index (χ2n) is 2.13. The molecule has 64 valence electrons. The molecular formula is C7H11FO3. The van der Waals surface area contributed by atoms with Crippen LogP contribution in [0.25, 0.3) is 0 Å². The van der Waals surface area contributed by atoms with Crippen LogP contribution in [0.1, 0.15) is 0 Å². The number of hydrogen-bond acceptors (Lipinski definition) is 3. The van der Waals surface area contributed by atoms with Crippen LogP contribution < -0.4 is 0 Å². The molecule has 3 nitrogen and oxygen atoms in total. The van der Waals surface area contributed by atoms with Gasteiger partial charge in [-0.25, -0.2) is 4.39 Å². The van der Waals surface area contributed by atoms with Gasteiger partial charge in [-0.1, -0.05) is 5.92 Å². The molecule has 0 unspecified atom stereocenters. The number of aliphatic hydroxyl groups is 2. The molecule has 2 N–H and O–H groups in total. The lowest BCUT2D eigenvalue weighted by molar-refractivity contribution is -0.120. The lowest BCUT2D eigenvalue weighted by Gasteiger charge is -2.28. The molecule has 0 aliphatic heterocycles. The van der Waals surface area contributed by atoms with Gasteiger partial charge >= 0.3 is 0 Å². The highest BCUT2D eigenvalue weighted by Crippen LogP contribution is 2.15. The van der Waals surface area contributed by atoms with Gasteiger partial charge in [-0.3, -0.25) is 0 Å². The summed E-state index contributed by atoms with van der Waals surface area (Å²) >= 11 is 0. The van der Waals surface area contributed by atoms with Gasteiger partial charge < -0.3 is 14.9 Å². The Kier molecular flexibility index (Phi) is 4.04. The van der Waals surface area contributed by atoms with Crippen molar-refractivity contribution in [1.29, 1.82) is 0 Å². The normalized spacial score (nSPS) is 18.5. The first-order chi connectivity index (χ1) is 5.16. The molecule has 0 bridgehead atoms. The van der Waals surface area contributed by atoms with Crippen molar-refractivity contribution in [2.45, 2.75) is 11.7 Å². The molecule has 0 aromatic rings. The topological polar surface area (TPSA) is 49.7 Å². The van der Waals surface area contributed by atoms with E-state index < -0.39 is 25.0 Å². The Bertz CT molecular complexity index is 140. The first-order valence-corrected chi connectivity index (χ1v) is 3.03. The van der Waals surface area contributed by atoms with Crippen LogP contribution in [0, 0.1) is 12.3 Å². The number of terminal acetylenes is 1. The Hall–Kier alpha value is -0.630. The van der Waals surface area contributed by atoms with E-state index in [2.05, 4.69) is 4.74 Å². The van der Waals surface area contributed by atoms with E-state index in [0.29, 0.717) is 0 Å². The Balaban J connectivity index is 4.42. The number of hydrogen-bond donors (Lipinski definition) is 2. The molecule has 0 radical (unpaired) electrons. The molecule has 0 aromatic heterocycles. The molecule has 4 heteroatoms. The van der Waals surface area contributed by atoms with Crippen LogP contribution in [-0.2, 0) is 4.74 Å². The Morgan fingerprint density at radius 2 is 2.36 bits per heavy atom. The van der Waals surface area contributed by atoms with Gasteiger partial charge in [-0.2, -0.15) is 0 Å². The standard InChI is InChI=1S/C7H11FO3/c1-3-6(10)7(4-8,5-9)11-2/h1,6,9-10H,4-5H2,2H3/t6-,7+/m0/s1. The quantitative estimate of drug-likeness (QED) is 0.539. The zero-order chi connectivity index (χ0) is 8.91. The minimum absolute atomic E-state index is 0.647. The molecule has 0 aliphatic rings. The third-order valence-corrected chi connectivity index (χ3v) is 1.56. The number of aliphatic hydroxyl groups excluding tert-OH is 2. The second-order valence-corrected chi connectivity index (χ2v) is 2.13. The molecule has 0 amide bonds. The highest BCUT2D eigenvalue weighted by Gasteiger charge is 2.36. The number of ether oxygens (including phenoxy) is 1. The van der Waals surface area contributed by atoms with Crippen LogP contribution in [0.4, 0.5) is 4.39 Å². The summed E-state index contributed by atoms with van der Waals surface area (Å²) in [6.45, 7) is -1.67. The lowest BCUT2D eigenvalue weighted by atomic mass is 10.00. The first kappa shape index (κ1) is 10.4. The highest BCUT2D eigenvalue weighted by molar-refractivity contribution is 5.05. The number of halogens is 1. The fraction of sp³-hybridized carbons (Fsp3) is 0.714. The van der Waals surface area contributed by atoms with Crippen molar-refractivity contribution in [2.24, 2.45) is 0 Å². The van der Waals surface area contributed by atoms with E-state index in [1.165, 1.54) is 7.11 Å². The second kappa shape index (κ2) is 4.29. The van der Waals surface area contributed by atoms with E-state index in [-0.39, 0.29) is 0 Å². The summed E-state index contributed by atoms with van der Waals surface area (Å²) in [5.74, 6) is 1.89. The fourth-order valence-corrected chi connectivity index (χ4v) is 0.584. The van der Waals surface area contributed by atoms with Crippen molar-refractivity contribution in [3.05, 3.63) is 0 Å². The largest absolute Gasteiger partial charge is 0.393 e. The van der Waals surface area contributed by atoms with E-state index in [0.717, 1.165) is 0 Å². The van der Waals surface area contributed by atoms with E-state index in [9.17, 15) is 4.39 Å². The predicted octanol–water partition coefficient (Wildman–Crippen LogP) is -0.672.